The highest BCUT2D eigenvalue weighted by Crippen LogP contribution is 2.27. The highest BCUT2D eigenvalue weighted by Gasteiger charge is 2.22. The zero-order chi connectivity index (χ0) is 13.1. The zero-order valence-electron chi connectivity index (χ0n) is 11.2. The minimum atomic E-state index is 0.109. The molecule has 0 unspecified atom stereocenters. The molecule has 0 saturated heterocycles. The van der Waals surface area contributed by atoms with Crippen molar-refractivity contribution in [1.29, 1.82) is 5.41 Å². The lowest BCUT2D eigenvalue weighted by atomic mass is 9.94. The van der Waals surface area contributed by atoms with Gasteiger partial charge in [-0.25, -0.2) is 4.98 Å². The number of aromatic nitrogens is 1. The maximum Gasteiger partial charge on any atom is 0.139 e. The second-order valence-electron chi connectivity index (χ2n) is 5.14. The molecule has 4 heteroatoms. The van der Waals surface area contributed by atoms with Crippen LogP contribution in [0.25, 0.3) is 0 Å². The lowest BCUT2D eigenvalue weighted by Gasteiger charge is -2.33. The van der Waals surface area contributed by atoms with E-state index in [2.05, 4.69) is 16.9 Å². The largest absolute Gasteiger partial charge is 0.384 e. The van der Waals surface area contributed by atoms with E-state index in [1.165, 1.54) is 32.1 Å². The molecule has 0 atom stereocenters. The molecule has 0 spiro atoms. The molecule has 98 valence electrons. The highest BCUT2D eigenvalue weighted by molar-refractivity contribution is 6.01. The standard InChI is InChI=1S/C14H22N4/c1-10-8-9-17-14(12(10)13(15)16)18(2)11-6-4-3-5-7-11/h8-9,11H,3-7H2,1-2H3,(H3,15,16). The third kappa shape index (κ3) is 2.47. The summed E-state index contributed by atoms with van der Waals surface area (Å²) in [6.45, 7) is 1.98. The molecular formula is C14H22N4. The Morgan fingerprint density at radius 2 is 2.06 bits per heavy atom. The number of anilines is 1. The summed E-state index contributed by atoms with van der Waals surface area (Å²) < 4.78 is 0. The van der Waals surface area contributed by atoms with Crippen molar-refractivity contribution in [3.63, 3.8) is 0 Å². The normalized spacial score (nSPS) is 16.6. The average Bonchev–Trinajstić information content (AvgIpc) is 2.38. The Labute approximate surface area is 109 Å². The number of aryl methyl sites for hydroxylation is 1. The quantitative estimate of drug-likeness (QED) is 0.636. The summed E-state index contributed by atoms with van der Waals surface area (Å²) in [6.07, 6.45) is 8.14. The van der Waals surface area contributed by atoms with Gasteiger partial charge in [-0.15, -0.1) is 0 Å². The molecular weight excluding hydrogens is 224 g/mol. The molecule has 0 aliphatic heterocycles. The Morgan fingerprint density at radius 1 is 1.39 bits per heavy atom. The predicted molar refractivity (Wildman–Crippen MR) is 75.3 cm³/mol. The van der Waals surface area contributed by atoms with Gasteiger partial charge >= 0.3 is 0 Å². The number of pyridine rings is 1. The van der Waals surface area contributed by atoms with Crippen molar-refractivity contribution in [1.82, 2.24) is 4.98 Å². The van der Waals surface area contributed by atoms with E-state index in [0.717, 1.165) is 16.9 Å². The third-order valence-electron chi connectivity index (χ3n) is 3.87. The Hall–Kier alpha value is -1.58. The number of nitrogen functional groups attached to an aromatic ring is 1. The van der Waals surface area contributed by atoms with Crippen LogP contribution in [-0.4, -0.2) is 23.9 Å². The summed E-state index contributed by atoms with van der Waals surface area (Å²) in [5, 5.41) is 7.74. The van der Waals surface area contributed by atoms with Crippen LogP contribution in [0, 0.1) is 12.3 Å². The summed E-state index contributed by atoms with van der Waals surface area (Å²) in [5.41, 5.74) is 7.51. The fourth-order valence-corrected chi connectivity index (χ4v) is 2.79. The van der Waals surface area contributed by atoms with E-state index in [-0.39, 0.29) is 5.84 Å². The third-order valence-corrected chi connectivity index (χ3v) is 3.87. The molecule has 18 heavy (non-hydrogen) atoms. The van der Waals surface area contributed by atoms with Gasteiger partial charge in [-0.05, 0) is 31.4 Å². The molecule has 4 nitrogen and oxygen atoms in total. The number of amidine groups is 1. The van der Waals surface area contributed by atoms with Crippen LogP contribution in [0.5, 0.6) is 0 Å². The molecule has 0 radical (unpaired) electrons. The molecule has 1 fully saturated rings. The molecule has 1 aromatic rings. The van der Waals surface area contributed by atoms with Crippen LogP contribution in [0.1, 0.15) is 43.2 Å². The van der Waals surface area contributed by atoms with E-state index in [9.17, 15) is 0 Å². The molecule has 1 aliphatic carbocycles. The van der Waals surface area contributed by atoms with E-state index in [1.807, 2.05) is 13.0 Å². The monoisotopic (exact) mass is 246 g/mol. The van der Waals surface area contributed by atoms with Crippen molar-refractivity contribution in [2.75, 3.05) is 11.9 Å². The Morgan fingerprint density at radius 3 is 2.67 bits per heavy atom. The molecule has 3 N–H and O–H groups in total. The van der Waals surface area contributed by atoms with E-state index in [0.29, 0.717) is 6.04 Å². The van der Waals surface area contributed by atoms with Crippen molar-refractivity contribution >= 4 is 11.7 Å². The number of hydrogen-bond donors (Lipinski definition) is 2. The minimum Gasteiger partial charge on any atom is -0.384 e. The molecule has 0 aromatic carbocycles. The van der Waals surface area contributed by atoms with Crippen molar-refractivity contribution in [2.24, 2.45) is 5.73 Å². The molecule has 2 rings (SSSR count). The lowest BCUT2D eigenvalue weighted by molar-refractivity contribution is 0.426. The van der Waals surface area contributed by atoms with Gasteiger partial charge in [0.1, 0.15) is 11.7 Å². The predicted octanol–water partition coefficient (Wildman–Crippen LogP) is 2.44. The summed E-state index contributed by atoms with van der Waals surface area (Å²) in [6, 6.07) is 2.45. The van der Waals surface area contributed by atoms with Crippen LogP contribution < -0.4 is 10.6 Å². The van der Waals surface area contributed by atoms with Gasteiger partial charge in [-0.1, -0.05) is 19.3 Å². The molecule has 0 amide bonds. The number of hydrogen-bond acceptors (Lipinski definition) is 3. The van der Waals surface area contributed by atoms with E-state index in [1.54, 1.807) is 6.20 Å². The number of nitrogens with zero attached hydrogens (tertiary/aromatic N) is 2. The number of nitrogens with two attached hydrogens (primary N) is 1. The van der Waals surface area contributed by atoms with Gasteiger partial charge in [-0.3, -0.25) is 5.41 Å². The van der Waals surface area contributed by atoms with Gasteiger partial charge in [0.15, 0.2) is 0 Å². The first kappa shape index (κ1) is 12.9. The molecule has 1 aliphatic rings. The maximum atomic E-state index is 7.74. The van der Waals surface area contributed by atoms with Crippen LogP contribution in [0.15, 0.2) is 12.3 Å². The average molecular weight is 246 g/mol. The topological polar surface area (TPSA) is 66.0 Å². The van der Waals surface area contributed by atoms with Crippen LogP contribution in [0.2, 0.25) is 0 Å². The summed E-state index contributed by atoms with van der Waals surface area (Å²) in [4.78, 5) is 6.65. The minimum absolute atomic E-state index is 0.109. The van der Waals surface area contributed by atoms with Crippen molar-refractivity contribution in [2.45, 2.75) is 45.1 Å². The highest BCUT2D eigenvalue weighted by atomic mass is 15.2. The van der Waals surface area contributed by atoms with Crippen LogP contribution in [-0.2, 0) is 0 Å². The van der Waals surface area contributed by atoms with Crippen molar-refractivity contribution in [3.05, 3.63) is 23.4 Å². The van der Waals surface area contributed by atoms with Gasteiger partial charge in [0.2, 0.25) is 0 Å². The summed E-state index contributed by atoms with van der Waals surface area (Å²) >= 11 is 0. The van der Waals surface area contributed by atoms with Gasteiger partial charge in [0.25, 0.3) is 0 Å². The van der Waals surface area contributed by atoms with E-state index >= 15 is 0 Å². The maximum absolute atomic E-state index is 7.74. The molecule has 1 saturated carbocycles. The fraction of sp³-hybridized carbons (Fsp3) is 0.571. The number of rotatable bonds is 3. The smallest absolute Gasteiger partial charge is 0.139 e. The molecule has 0 bridgehead atoms. The first-order valence-corrected chi connectivity index (χ1v) is 6.64. The lowest BCUT2D eigenvalue weighted by Crippen LogP contribution is -2.35. The summed E-state index contributed by atoms with van der Waals surface area (Å²) in [7, 11) is 2.07. The van der Waals surface area contributed by atoms with Crippen LogP contribution >= 0.6 is 0 Å². The van der Waals surface area contributed by atoms with Crippen molar-refractivity contribution < 1.29 is 0 Å². The Kier molecular flexibility index (Phi) is 3.84. The molecule has 1 aromatic heterocycles. The van der Waals surface area contributed by atoms with Crippen LogP contribution in [0.3, 0.4) is 0 Å². The van der Waals surface area contributed by atoms with Gasteiger partial charge in [-0.2, -0.15) is 0 Å². The second-order valence-corrected chi connectivity index (χ2v) is 5.14. The van der Waals surface area contributed by atoms with Crippen molar-refractivity contribution in [3.8, 4) is 0 Å². The second kappa shape index (κ2) is 5.38. The first-order chi connectivity index (χ1) is 8.61. The SMILES string of the molecule is Cc1ccnc(N(C)C2CCCCC2)c1C(=N)N. The van der Waals surface area contributed by atoms with E-state index < -0.39 is 0 Å². The fourth-order valence-electron chi connectivity index (χ4n) is 2.79. The summed E-state index contributed by atoms with van der Waals surface area (Å²) in [5.74, 6) is 0.965. The van der Waals surface area contributed by atoms with Crippen LogP contribution in [0.4, 0.5) is 5.82 Å². The van der Waals surface area contributed by atoms with Gasteiger partial charge in [0.05, 0.1) is 5.56 Å². The number of nitrogens with one attached hydrogen (secondary N) is 1. The van der Waals surface area contributed by atoms with Gasteiger partial charge in [0, 0.05) is 19.3 Å². The Balaban J connectivity index is 2.31. The zero-order valence-corrected chi connectivity index (χ0v) is 11.2. The molecule has 1 heterocycles. The van der Waals surface area contributed by atoms with E-state index in [4.69, 9.17) is 11.1 Å². The first-order valence-electron chi connectivity index (χ1n) is 6.64. The van der Waals surface area contributed by atoms with Gasteiger partial charge < -0.3 is 10.6 Å². The Bertz CT molecular complexity index is 435.